The van der Waals surface area contributed by atoms with Crippen molar-refractivity contribution in [2.45, 2.75) is 24.0 Å². The molecule has 1 saturated heterocycles. The van der Waals surface area contributed by atoms with Gasteiger partial charge in [0.05, 0.1) is 0 Å². The van der Waals surface area contributed by atoms with E-state index in [0.717, 1.165) is 16.4 Å². The van der Waals surface area contributed by atoms with Gasteiger partial charge in [0.25, 0.3) is 10.0 Å². The van der Waals surface area contributed by atoms with Crippen LogP contribution in [0.5, 0.6) is 0 Å². The van der Waals surface area contributed by atoms with Gasteiger partial charge >= 0.3 is 5.97 Å². The molecule has 8 heteroatoms. The van der Waals surface area contributed by atoms with Crippen LogP contribution in [0, 0.1) is 5.82 Å². The zero-order valence-corrected chi connectivity index (χ0v) is 11.6. The van der Waals surface area contributed by atoms with E-state index < -0.39 is 27.9 Å². The molecule has 0 saturated carbocycles. The van der Waals surface area contributed by atoms with Crippen LogP contribution < -0.4 is 0 Å². The number of sulfonamides is 1. The highest BCUT2D eigenvalue weighted by atomic mass is 32.2. The highest BCUT2D eigenvalue weighted by molar-refractivity contribution is 7.89. The number of rotatable bonds is 3. The molecule has 1 fully saturated rings. The third kappa shape index (κ3) is 2.30. The second kappa shape index (κ2) is 4.81. The van der Waals surface area contributed by atoms with Crippen molar-refractivity contribution >= 4 is 27.0 Å². The monoisotopic (exact) mass is 313 g/mol. The molecule has 1 aliphatic heterocycles. The van der Waals surface area contributed by atoms with E-state index in [2.05, 4.69) is 0 Å². The Hall–Kier alpha value is -1.93. The van der Waals surface area contributed by atoms with Crippen molar-refractivity contribution in [2.75, 3.05) is 6.54 Å². The number of carbonyl (C=O) groups is 1. The van der Waals surface area contributed by atoms with Crippen molar-refractivity contribution < 1.29 is 27.1 Å². The summed E-state index contributed by atoms with van der Waals surface area (Å²) in [5.74, 6) is -1.69. The van der Waals surface area contributed by atoms with Crippen LogP contribution in [0.2, 0.25) is 0 Å². The van der Waals surface area contributed by atoms with Crippen LogP contribution in [0.25, 0.3) is 11.0 Å². The summed E-state index contributed by atoms with van der Waals surface area (Å²) in [5, 5.41) is 9.04. The first-order valence-corrected chi connectivity index (χ1v) is 7.77. The zero-order valence-electron chi connectivity index (χ0n) is 10.8. The van der Waals surface area contributed by atoms with Gasteiger partial charge in [-0.2, -0.15) is 4.31 Å². The van der Waals surface area contributed by atoms with E-state index >= 15 is 0 Å². The molecule has 1 aliphatic rings. The lowest BCUT2D eigenvalue weighted by atomic mass is 10.2. The molecule has 0 amide bonds. The van der Waals surface area contributed by atoms with Crippen LogP contribution in [0.1, 0.15) is 12.8 Å². The van der Waals surface area contributed by atoms with Gasteiger partial charge in [0.2, 0.25) is 5.09 Å². The van der Waals surface area contributed by atoms with Gasteiger partial charge in [0.15, 0.2) is 0 Å². The van der Waals surface area contributed by atoms with Crippen LogP contribution in [-0.2, 0) is 14.8 Å². The quantitative estimate of drug-likeness (QED) is 0.933. The van der Waals surface area contributed by atoms with E-state index in [1.165, 1.54) is 12.1 Å². The predicted octanol–water partition coefficient (Wildman–Crippen LogP) is 1.81. The zero-order chi connectivity index (χ0) is 15.2. The Kier molecular flexibility index (Phi) is 3.22. The second-order valence-corrected chi connectivity index (χ2v) is 6.68. The molecule has 0 unspecified atom stereocenters. The van der Waals surface area contributed by atoms with Gasteiger partial charge in [-0.3, -0.25) is 4.79 Å². The molecular weight excluding hydrogens is 301 g/mol. The van der Waals surface area contributed by atoms with Gasteiger partial charge in [0, 0.05) is 18.0 Å². The number of aliphatic carboxylic acids is 1. The number of fused-ring (bicyclic) bond motifs is 1. The molecule has 0 bridgehead atoms. The summed E-state index contributed by atoms with van der Waals surface area (Å²) in [6.45, 7) is 0.130. The predicted molar refractivity (Wildman–Crippen MR) is 70.7 cm³/mol. The molecule has 1 N–H and O–H groups in total. The Bertz CT molecular complexity index is 813. The highest BCUT2D eigenvalue weighted by Gasteiger charge is 2.41. The molecule has 1 aromatic carbocycles. The average Bonchev–Trinajstić information content (AvgIpc) is 3.04. The topological polar surface area (TPSA) is 87.8 Å². The normalized spacial score (nSPS) is 20.1. The minimum absolute atomic E-state index is 0.130. The van der Waals surface area contributed by atoms with Crippen molar-refractivity contribution in [2.24, 2.45) is 0 Å². The van der Waals surface area contributed by atoms with Gasteiger partial charge in [-0.05, 0) is 31.0 Å². The number of hydrogen-bond acceptors (Lipinski definition) is 4. The van der Waals surface area contributed by atoms with Crippen LogP contribution in [-0.4, -0.2) is 36.4 Å². The van der Waals surface area contributed by atoms with Crippen LogP contribution in [0.4, 0.5) is 4.39 Å². The van der Waals surface area contributed by atoms with Crippen LogP contribution >= 0.6 is 0 Å². The summed E-state index contributed by atoms with van der Waals surface area (Å²) < 4.78 is 44.2. The fourth-order valence-electron chi connectivity index (χ4n) is 2.51. The summed E-state index contributed by atoms with van der Waals surface area (Å²) in [6.07, 6.45) is 0.745. The summed E-state index contributed by atoms with van der Waals surface area (Å²) in [5.41, 5.74) is 0.237. The Morgan fingerprint density at radius 3 is 2.86 bits per heavy atom. The number of nitrogens with zero attached hydrogens (tertiary/aromatic N) is 1. The van der Waals surface area contributed by atoms with E-state index in [1.54, 1.807) is 0 Å². The van der Waals surface area contributed by atoms with Gasteiger partial charge < -0.3 is 9.52 Å². The Morgan fingerprint density at radius 1 is 1.38 bits per heavy atom. The van der Waals surface area contributed by atoms with Crippen LogP contribution in [0.3, 0.4) is 0 Å². The number of hydrogen-bond donors (Lipinski definition) is 1. The van der Waals surface area contributed by atoms with Gasteiger partial charge in [0.1, 0.15) is 17.4 Å². The molecule has 2 heterocycles. The largest absolute Gasteiger partial charge is 0.480 e. The molecule has 1 aromatic heterocycles. The second-order valence-electron chi connectivity index (χ2n) is 4.86. The SMILES string of the molecule is O=C(O)[C@H]1CCCN1S(=O)(=O)c1cc2cc(F)ccc2o1. The molecular formula is C13H12FNO5S. The molecule has 112 valence electrons. The summed E-state index contributed by atoms with van der Waals surface area (Å²) in [6, 6.07) is 3.79. The van der Waals surface area contributed by atoms with E-state index in [0.29, 0.717) is 11.8 Å². The Balaban J connectivity index is 2.05. The molecule has 6 nitrogen and oxygen atoms in total. The van der Waals surface area contributed by atoms with Crippen LogP contribution in [0.15, 0.2) is 33.8 Å². The fraction of sp³-hybridized carbons (Fsp3) is 0.308. The summed E-state index contributed by atoms with van der Waals surface area (Å²) in [7, 11) is -4.04. The van der Waals surface area contributed by atoms with E-state index in [1.807, 2.05) is 0 Å². The molecule has 0 radical (unpaired) electrons. The van der Waals surface area contributed by atoms with Crippen molar-refractivity contribution in [1.82, 2.24) is 4.31 Å². The number of benzene rings is 1. The number of carboxylic acid groups (broad SMARTS) is 1. The lowest BCUT2D eigenvalue weighted by Crippen LogP contribution is -2.40. The summed E-state index contributed by atoms with van der Waals surface area (Å²) in [4.78, 5) is 11.1. The first-order chi connectivity index (χ1) is 9.89. The summed E-state index contributed by atoms with van der Waals surface area (Å²) >= 11 is 0. The molecule has 21 heavy (non-hydrogen) atoms. The van der Waals surface area contributed by atoms with Crippen molar-refractivity contribution in [1.29, 1.82) is 0 Å². The molecule has 3 rings (SSSR count). The van der Waals surface area contributed by atoms with Gasteiger partial charge in [-0.25, -0.2) is 12.8 Å². The number of carboxylic acids is 1. The number of halogens is 1. The third-order valence-electron chi connectivity index (χ3n) is 3.51. The van der Waals surface area contributed by atoms with Gasteiger partial charge in [-0.1, -0.05) is 0 Å². The van der Waals surface area contributed by atoms with Crippen molar-refractivity contribution in [3.8, 4) is 0 Å². The molecule has 0 aliphatic carbocycles. The van der Waals surface area contributed by atoms with E-state index in [-0.39, 0.29) is 23.6 Å². The maximum atomic E-state index is 13.1. The standard InChI is InChI=1S/C13H12FNO5S/c14-9-3-4-11-8(6-9)7-12(20-11)21(18,19)15-5-1-2-10(15)13(16)17/h3-4,6-7,10H,1-2,5H2,(H,16,17)/t10-/m1/s1. The van der Waals surface area contributed by atoms with E-state index in [4.69, 9.17) is 9.52 Å². The maximum absolute atomic E-state index is 13.1. The average molecular weight is 313 g/mol. The highest BCUT2D eigenvalue weighted by Crippen LogP contribution is 2.30. The molecule has 2 aromatic rings. The van der Waals surface area contributed by atoms with Crippen molar-refractivity contribution in [3.63, 3.8) is 0 Å². The first kappa shape index (κ1) is 14.0. The fourth-order valence-corrected chi connectivity index (χ4v) is 4.11. The lowest BCUT2D eigenvalue weighted by molar-refractivity contribution is -0.140. The molecule has 1 atom stereocenters. The smallest absolute Gasteiger partial charge is 0.322 e. The maximum Gasteiger partial charge on any atom is 0.322 e. The minimum Gasteiger partial charge on any atom is -0.480 e. The first-order valence-electron chi connectivity index (χ1n) is 6.33. The lowest BCUT2D eigenvalue weighted by Gasteiger charge is -2.19. The molecule has 0 spiro atoms. The Labute approximate surface area is 119 Å². The van der Waals surface area contributed by atoms with Gasteiger partial charge in [-0.15, -0.1) is 0 Å². The third-order valence-corrected chi connectivity index (χ3v) is 5.27. The van der Waals surface area contributed by atoms with E-state index in [9.17, 15) is 17.6 Å². The number of furan rings is 1. The minimum atomic E-state index is -4.04. The van der Waals surface area contributed by atoms with Crippen molar-refractivity contribution in [3.05, 3.63) is 30.1 Å². The Morgan fingerprint density at radius 2 is 2.14 bits per heavy atom.